The molecule has 0 aliphatic carbocycles. The lowest BCUT2D eigenvalue weighted by atomic mass is 10.1. The van der Waals surface area contributed by atoms with Crippen molar-refractivity contribution in [1.29, 1.82) is 0 Å². The van der Waals surface area contributed by atoms with Gasteiger partial charge in [-0.25, -0.2) is 0 Å². The van der Waals surface area contributed by atoms with E-state index in [1.165, 1.54) is 0 Å². The van der Waals surface area contributed by atoms with E-state index in [2.05, 4.69) is 25.6 Å². The Kier molecular flexibility index (Phi) is 4.62. The number of sulfonamides is 1. The highest BCUT2D eigenvalue weighted by molar-refractivity contribution is 9.11. The summed E-state index contributed by atoms with van der Waals surface area (Å²) in [7, 11) is -3.68. The highest BCUT2D eigenvalue weighted by Gasteiger charge is 2.39. The summed E-state index contributed by atoms with van der Waals surface area (Å²) in [5, 5.41) is 2.96. The van der Waals surface area contributed by atoms with E-state index in [9.17, 15) is 13.2 Å². The summed E-state index contributed by atoms with van der Waals surface area (Å²) in [5.74, 6) is 0.286. The van der Waals surface area contributed by atoms with E-state index in [4.69, 9.17) is 0 Å². The number of rotatable bonds is 3. The summed E-state index contributed by atoms with van der Waals surface area (Å²) in [4.78, 5) is 15.8. The van der Waals surface area contributed by atoms with E-state index in [-0.39, 0.29) is 10.8 Å². The van der Waals surface area contributed by atoms with Crippen molar-refractivity contribution >= 4 is 49.0 Å². The number of carbonyl (C=O) groups is 1. The zero-order valence-electron chi connectivity index (χ0n) is 13.7. The molecule has 6 nitrogen and oxygen atoms in total. The fourth-order valence-corrected chi connectivity index (χ4v) is 5.97. The molecule has 4 rings (SSSR count). The summed E-state index contributed by atoms with van der Waals surface area (Å²) in [5.41, 5.74) is 0.578. The van der Waals surface area contributed by atoms with Crippen LogP contribution in [0.3, 0.4) is 0 Å². The molecule has 136 valence electrons. The summed E-state index contributed by atoms with van der Waals surface area (Å²) >= 11 is 4.98. The van der Waals surface area contributed by atoms with Gasteiger partial charge in [0, 0.05) is 17.0 Å². The second-order valence-electron chi connectivity index (χ2n) is 6.16. The Labute approximate surface area is 164 Å². The number of amides is 1. The van der Waals surface area contributed by atoms with Gasteiger partial charge in [-0.15, -0.1) is 15.7 Å². The SMILES string of the molecule is O=C(NCc1ccc(Br)s1)[C@@H]1CCCN1C1=NS(=O)(=O)c2ccccc21. The Bertz CT molecular complexity index is 1000. The Morgan fingerprint density at radius 2 is 2.12 bits per heavy atom. The van der Waals surface area contributed by atoms with Gasteiger partial charge in [-0.1, -0.05) is 12.1 Å². The molecule has 0 spiro atoms. The van der Waals surface area contributed by atoms with Crippen LogP contribution in [0.1, 0.15) is 23.3 Å². The van der Waals surface area contributed by atoms with E-state index in [1.54, 1.807) is 35.6 Å². The van der Waals surface area contributed by atoms with Gasteiger partial charge in [-0.05, 0) is 53.0 Å². The number of thiophene rings is 1. The second kappa shape index (κ2) is 6.79. The van der Waals surface area contributed by atoms with E-state index < -0.39 is 16.1 Å². The number of benzene rings is 1. The molecule has 1 amide bonds. The molecule has 9 heteroatoms. The van der Waals surface area contributed by atoms with E-state index in [0.29, 0.717) is 30.9 Å². The second-order valence-corrected chi connectivity index (χ2v) is 10.3. The van der Waals surface area contributed by atoms with Crippen molar-refractivity contribution < 1.29 is 13.2 Å². The molecule has 2 aliphatic rings. The van der Waals surface area contributed by atoms with Crippen molar-refractivity contribution in [2.45, 2.75) is 30.3 Å². The van der Waals surface area contributed by atoms with Gasteiger partial charge in [0.05, 0.1) is 10.3 Å². The molecule has 1 aromatic heterocycles. The first-order valence-electron chi connectivity index (χ1n) is 8.19. The highest BCUT2D eigenvalue weighted by Crippen LogP contribution is 2.31. The molecule has 2 aliphatic heterocycles. The van der Waals surface area contributed by atoms with Crippen molar-refractivity contribution in [3.05, 3.63) is 50.6 Å². The first-order valence-corrected chi connectivity index (χ1v) is 11.2. The van der Waals surface area contributed by atoms with E-state index in [0.717, 1.165) is 15.1 Å². The van der Waals surface area contributed by atoms with Crippen molar-refractivity contribution in [3.63, 3.8) is 0 Å². The minimum Gasteiger partial charge on any atom is -0.349 e. The number of fused-ring (bicyclic) bond motifs is 1. The van der Waals surface area contributed by atoms with Crippen LogP contribution >= 0.6 is 27.3 Å². The van der Waals surface area contributed by atoms with Crippen LogP contribution in [-0.4, -0.2) is 37.6 Å². The Morgan fingerprint density at radius 3 is 2.88 bits per heavy atom. The Hall–Kier alpha value is -1.71. The average molecular weight is 454 g/mol. The van der Waals surface area contributed by atoms with Crippen LogP contribution in [-0.2, 0) is 21.4 Å². The molecule has 0 unspecified atom stereocenters. The first kappa shape index (κ1) is 17.7. The summed E-state index contributed by atoms with van der Waals surface area (Å²) in [6.07, 6.45) is 1.51. The minimum atomic E-state index is -3.68. The standard InChI is InChI=1S/C17H16BrN3O3S2/c18-15-8-7-11(25-15)10-19-17(22)13-5-3-9-21(13)16-12-4-1-2-6-14(12)26(23,24)20-16/h1-2,4,6-8,13H,3,5,9-10H2,(H,19,22)/t13-/m0/s1. The predicted octanol–water partition coefficient (Wildman–Crippen LogP) is 2.74. The normalized spacial score (nSPS) is 20.7. The molecule has 0 bridgehead atoms. The fourth-order valence-electron chi connectivity index (χ4n) is 3.33. The number of hydrogen-bond acceptors (Lipinski definition) is 5. The fraction of sp³-hybridized carbons (Fsp3) is 0.294. The van der Waals surface area contributed by atoms with Gasteiger partial charge < -0.3 is 10.2 Å². The van der Waals surface area contributed by atoms with Crippen LogP contribution < -0.4 is 5.32 Å². The third kappa shape index (κ3) is 3.19. The lowest BCUT2D eigenvalue weighted by molar-refractivity contribution is -0.124. The molecule has 1 saturated heterocycles. The quantitative estimate of drug-likeness (QED) is 0.774. The van der Waals surface area contributed by atoms with Crippen LogP contribution in [0, 0.1) is 0 Å². The zero-order chi connectivity index (χ0) is 18.3. The first-order chi connectivity index (χ1) is 12.5. The van der Waals surface area contributed by atoms with Crippen molar-refractivity contribution in [2.75, 3.05) is 6.54 Å². The highest BCUT2D eigenvalue weighted by atomic mass is 79.9. The molecule has 1 fully saturated rings. The van der Waals surface area contributed by atoms with Gasteiger partial charge in [0.1, 0.15) is 10.9 Å². The maximum atomic E-state index is 12.7. The molecule has 0 saturated carbocycles. The molecule has 3 heterocycles. The third-order valence-electron chi connectivity index (χ3n) is 4.51. The van der Waals surface area contributed by atoms with Gasteiger partial charge in [0.2, 0.25) is 5.91 Å². The number of amidine groups is 1. The maximum Gasteiger partial charge on any atom is 0.285 e. The molecule has 1 aromatic carbocycles. The van der Waals surface area contributed by atoms with Gasteiger partial charge in [-0.3, -0.25) is 4.79 Å². The smallest absolute Gasteiger partial charge is 0.285 e. The summed E-state index contributed by atoms with van der Waals surface area (Å²) in [6.45, 7) is 1.08. The van der Waals surface area contributed by atoms with Gasteiger partial charge in [0.25, 0.3) is 10.0 Å². The Balaban J connectivity index is 1.55. The number of halogens is 1. The van der Waals surface area contributed by atoms with Crippen LogP contribution in [0.25, 0.3) is 0 Å². The largest absolute Gasteiger partial charge is 0.349 e. The van der Waals surface area contributed by atoms with Crippen molar-refractivity contribution in [1.82, 2.24) is 10.2 Å². The molecule has 1 atom stereocenters. The van der Waals surface area contributed by atoms with Crippen LogP contribution in [0.4, 0.5) is 0 Å². The van der Waals surface area contributed by atoms with Crippen LogP contribution in [0.2, 0.25) is 0 Å². The summed E-state index contributed by atoms with van der Waals surface area (Å²) in [6, 6.07) is 10.3. The molecular formula is C17H16BrN3O3S2. The maximum absolute atomic E-state index is 12.7. The number of likely N-dealkylation sites (tertiary alicyclic amines) is 1. The van der Waals surface area contributed by atoms with Crippen molar-refractivity contribution in [2.24, 2.45) is 4.40 Å². The van der Waals surface area contributed by atoms with Gasteiger partial charge >= 0.3 is 0 Å². The Morgan fingerprint density at radius 1 is 1.31 bits per heavy atom. The number of nitrogens with zero attached hydrogens (tertiary/aromatic N) is 2. The van der Waals surface area contributed by atoms with E-state index >= 15 is 0 Å². The minimum absolute atomic E-state index is 0.100. The molecule has 26 heavy (non-hydrogen) atoms. The molecule has 0 radical (unpaired) electrons. The molecule has 2 aromatic rings. The number of hydrogen-bond donors (Lipinski definition) is 1. The van der Waals surface area contributed by atoms with Gasteiger partial charge in [0.15, 0.2) is 5.84 Å². The topological polar surface area (TPSA) is 78.8 Å². The monoisotopic (exact) mass is 453 g/mol. The predicted molar refractivity (Wildman–Crippen MR) is 104 cm³/mol. The zero-order valence-corrected chi connectivity index (χ0v) is 16.9. The lowest BCUT2D eigenvalue weighted by Crippen LogP contribution is -2.45. The van der Waals surface area contributed by atoms with Crippen LogP contribution in [0.15, 0.2) is 49.5 Å². The third-order valence-corrected chi connectivity index (χ3v) is 7.45. The van der Waals surface area contributed by atoms with Gasteiger partial charge in [-0.2, -0.15) is 8.42 Å². The summed E-state index contributed by atoms with van der Waals surface area (Å²) < 4.78 is 29.6. The average Bonchev–Trinajstić information content (AvgIpc) is 3.31. The molecular weight excluding hydrogens is 438 g/mol. The number of carbonyl (C=O) groups excluding carboxylic acids is 1. The molecule has 1 N–H and O–H groups in total. The van der Waals surface area contributed by atoms with Crippen molar-refractivity contribution in [3.8, 4) is 0 Å². The lowest BCUT2D eigenvalue weighted by Gasteiger charge is -2.25. The number of nitrogens with one attached hydrogen (secondary N) is 1. The van der Waals surface area contributed by atoms with E-state index in [1.807, 2.05) is 17.0 Å². The van der Waals surface area contributed by atoms with Crippen LogP contribution in [0.5, 0.6) is 0 Å².